The van der Waals surface area contributed by atoms with Crippen LogP contribution in [-0.4, -0.2) is 36.4 Å². The molecule has 14 heavy (non-hydrogen) atoms. The van der Waals surface area contributed by atoms with Crippen molar-refractivity contribution in [1.29, 1.82) is 5.26 Å². The lowest BCUT2D eigenvalue weighted by molar-refractivity contribution is 0.582. The Morgan fingerprint density at radius 2 is 2.21 bits per heavy atom. The largest absolute Gasteiger partial charge is 0.351 e. The van der Waals surface area contributed by atoms with Gasteiger partial charge in [0.2, 0.25) is 0 Å². The van der Waals surface area contributed by atoms with Crippen LogP contribution in [0, 0.1) is 11.3 Å². The summed E-state index contributed by atoms with van der Waals surface area (Å²) < 4.78 is 0. The average molecular weight is 189 g/mol. The summed E-state index contributed by atoms with van der Waals surface area (Å²) in [5.74, 6) is 0.705. The Labute approximate surface area is 82.4 Å². The van der Waals surface area contributed by atoms with Gasteiger partial charge in [0.1, 0.15) is 6.07 Å². The van der Waals surface area contributed by atoms with Crippen LogP contribution in [0.4, 0.5) is 5.82 Å². The van der Waals surface area contributed by atoms with E-state index in [1.54, 1.807) is 12.3 Å². The Balaban J connectivity index is 2.26. The van der Waals surface area contributed by atoms with Crippen molar-refractivity contribution in [2.24, 2.45) is 0 Å². The van der Waals surface area contributed by atoms with Crippen molar-refractivity contribution in [3.63, 3.8) is 0 Å². The maximum absolute atomic E-state index is 8.89. The van der Waals surface area contributed by atoms with Gasteiger partial charge in [-0.1, -0.05) is 0 Å². The molecule has 2 rings (SSSR count). The Kier molecular flexibility index (Phi) is 2.56. The van der Waals surface area contributed by atoms with Crippen LogP contribution in [0.1, 0.15) is 5.56 Å². The van der Waals surface area contributed by atoms with E-state index in [0.717, 1.165) is 26.2 Å². The van der Waals surface area contributed by atoms with Gasteiger partial charge in [-0.15, -0.1) is 5.10 Å². The van der Waals surface area contributed by atoms with Gasteiger partial charge < -0.3 is 10.2 Å². The van der Waals surface area contributed by atoms with Crippen molar-refractivity contribution in [3.8, 4) is 6.07 Å². The first-order valence-corrected chi connectivity index (χ1v) is 4.59. The minimum atomic E-state index is 0.599. The third kappa shape index (κ3) is 1.65. The van der Waals surface area contributed by atoms with Crippen LogP contribution < -0.4 is 10.2 Å². The molecule has 1 aliphatic heterocycles. The Hall–Kier alpha value is -1.67. The first kappa shape index (κ1) is 8.91. The van der Waals surface area contributed by atoms with Gasteiger partial charge in [0, 0.05) is 26.2 Å². The smallest absolute Gasteiger partial charge is 0.169 e. The monoisotopic (exact) mass is 189 g/mol. The summed E-state index contributed by atoms with van der Waals surface area (Å²) in [6.45, 7) is 3.63. The van der Waals surface area contributed by atoms with Crippen LogP contribution in [0.15, 0.2) is 12.3 Å². The summed E-state index contributed by atoms with van der Waals surface area (Å²) in [5.41, 5.74) is 0.599. The lowest BCUT2D eigenvalue weighted by Gasteiger charge is -2.28. The number of nitriles is 1. The van der Waals surface area contributed by atoms with E-state index in [9.17, 15) is 0 Å². The number of rotatable bonds is 1. The van der Waals surface area contributed by atoms with E-state index in [0.29, 0.717) is 11.4 Å². The fourth-order valence-corrected chi connectivity index (χ4v) is 1.52. The maximum atomic E-state index is 8.89. The van der Waals surface area contributed by atoms with Crippen LogP contribution in [0.5, 0.6) is 0 Å². The third-order valence-electron chi connectivity index (χ3n) is 2.24. The lowest BCUT2D eigenvalue weighted by Crippen LogP contribution is -2.44. The van der Waals surface area contributed by atoms with Gasteiger partial charge in [-0.2, -0.15) is 10.4 Å². The third-order valence-corrected chi connectivity index (χ3v) is 2.24. The second kappa shape index (κ2) is 4.03. The van der Waals surface area contributed by atoms with Gasteiger partial charge in [0.05, 0.1) is 11.8 Å². The van der Waals surface area contributed by atoms with Crippen molar-refractivity contribution in [3.05, 3.63) is 17.8 Å². The molecule has 0 saturated carbocycles. The summed E-state index contributed by atoms with van der Waals surface area (Å²) in [7, 11) is 0. The Morgan fingerprint density at radius 3 is 2.93 bits per heavy atom. The van der Waals surface area contributed by atoms with Crippen LogP contribution >= 0.6 is 0 Å². The number of piperazine rings is 1. The zero-order valence-electron chi connectivity index (χ0n) is 7.77. The van der Waals surface area contributed by atoms with Crippen molar-refractivity contribution in [2.75, 3.05) is 31.1 Å². The molecular weight excluding hydrogens is 178 g/mol. The SMILES string of the molecule is N#Cc1ccnnc1N1CCNCC1. The first-order valence-electron chi connectivity index (χ1n) is 4.59. The van der Waals surface area contributed by atoms with Crippen LogP contribution in [0.3, 0.4) is 0 Å². The molecule has 1 aromatic rings. The fraction of sp³-hybridized carbons (Fsp3) is 0.444. The minimum absolute atomic E-state index is 0.599. The standard InChI is InChI=1S/C9H11N5/c10-7-8-1-2-12-13-9(8)14-5-3-11-4-6-14/h1-2,11H,3-6H2. The normalized spacial score (nSPS) is 16.4. The molecule has 1 N–H and O–H groups in total. The van der Waals surface area contributed by atoms with E-state index >= 15 is 0 Å². The molecule has 0 amide bonds. The van der Waals surface area contributed by atoms with Gasteiger partial charge in [-0.25, -0.2) is 0 Å². The first-order chi connectivity index (χ1) is 6.92. The highest BCUT2D eigenvalue weighted by Gasteiger charge is 2.15. The molecule has 2 heterocycles. The van der Waals surface area contributed by atoms with Gasteiger partial charge in [-0.05, 0) is 6.07 Å². The molecule has 0 radical (unpaired) electrons. The van der Waals surface area contributed by atoms with E-state index in [1.807, 2.05) is 0 Å². The molecule has 0 aromatic carbocycles. The van der Waals surface area contributed by atoms with E-state index in [-0.39, 0.29) is 0 Å². The highest BCUT2D eigenvalue weighted by Crippen LogP contribution is 2.14. The molecule has 1 fully saturated rings. The number of hydrogen-bond acceptors (Lipinski definition) is 5. The highest BCUT2D eigenvalue weighted by atomic mass is 15.3. The van der Waals surface area contributed by atoms with Gasteiger partial charge in [0.25, 0.3) is 0 Å². The van der Waals surface area contributed by atoms with Gasteiger partial charge in [0.15, 0.2) is 5.82 Å². The molecule has 5 nitrogen and oxygen atoms in total. The van der Waals surface area contributed by atoms with Crippen LogP contribution in [0.2, 0.25) is 0 Å². The van der Waals surface area contributed by atoms with E-state index < -0.39 is 0 Å². The second-order valence-electron chi connectivity index (χ2n) is 3.12. The second-order valence-corrected chi connectivity index (χ2v) is 3.12. The van der Waals surface area contributed by atoms with Crippen molar-refractivity contribution < 1.29 is 0 Å². The molecular formula is C9H11N5. The fourth-order valence-electron chi connectivity index (χ4n) is 1.52. The predicted molar refractivity (Wildman–Crippen MR) is 51.8 cm³/mol. The number of nitrogens with zero attached hydrogens (tertiary/aromatic N) is 4. The molecule has 0 atom stereocenters. The maximum Gasteiger partial charge on any atom is 0.169 e. The molecule has 72 valence electrons. The van der Waals surface area contributed by atoms with E-state index in [1.165, 1.54) is 0 Å². The molecule has 0 unspecified atom stereocenters. The van der Waals surface area contributed by atoms with E-state index in [2.05, 4.69) is 26.5 Å². The quantitative estimate of drug-likeness (QED) is 0.660. The molecule has 0 aliphatic carbocycles. The van der Waals surface area contributed by atoms with Crippen LogP contribution in [-0.2, 0) is 0 Å². The van der Waals surface area contributed by atoms with Gasteiger partial charge >= 0.3 is 0 Å². The van der Waals surface area contributed by atoms with Crippen molar-refractivity contribution in [1.82, 2.24) is 15.5 Å². The average Bonchev–Trinajstić information content (AvgIpc) is 2.30. The number of aromatic nitrogens is 2. The molecule has 5 heteroatoms. The molecule has 1 aliphatic rings. The predicted octanol–water partition coefficient (Wildman–Crippen LogP) is -0.242. The van der Waals surface area contributed by atoms with Crippen molar-refractivity contribution in [2.45, 2.75) is 0 Å². The molecule has 1 saturated heterocycles. The zero-order valence-corrected chi connectivity index (χ0v) is 7.77. The summed E-state index contributed by atoms with van der Waals surface area (Å²) >= 11 is 0. The number of hydrogen-bond donors (Lipinski definition) is 1. The highest BCUT2D eigenvalue weighted by molar-refractivity contribution is 5.52. The molecule has 0 spiro atoms. The summed E-state index contributed by atoms with van der Waals surface area (Å²) in [6.07, 6.45) is 1.55. The summed E-state index contributed by atoms with van der Waals surface area (Å²) in [6, 6.07) is 3.83. The minimum Gasteiger partial charge on any atom is -0.351 e. The molecule has 0 bridgehead atoms. The summed E-state index contributed by atoms with van der Waals surface area (Å²) in [4.78, 5) is 2.09. The number of anilines is 1. The topological polar surface area (TPSA) is 64.8 Å². The van der Waals surface area contributed by atoms with E-state index in [4.69, 9.17) is 5.26 Å². The van der Waals surface area contributed by atoms with Crippen LogP contribution in [0.25, 0.3) is 0 Å². The van der Waals surface area contributed by atoms with Crippen molar-refractivity contribution >= 4 is 5.82 Å². The molecule has 1 aromatic heterocycles. The zero-order chi connectivity index (χ0) is 9.80. The Morgan fingerprint density at radius 1 is 1.43 bits per heavy atom. The lowest BCUT2D eigenvalue weighted by atomic mass is 10.2. The Bertz CT molecular complexity index is 350. The number of nitrogens with one attached hydrogen (secondary N) is 1. The van der Waals surface area contributed by atoms with Gasteiger partial charge in [-0.3, -0.25) is 0 Å². The summed E-state index contributed by atoms with van der Waals surface area (Å²) in [5, 5.41) is 19.9.